The number of fused-ring (bicyclic) bond motifs is 2. The van der Waals surface area contributed by atoms with Gasteiger partial charge >= 0.3 is 12.1 Å². The number of ether oxygens (including phenoxy) is 2. The number of carboxylic acids is 1. The van der Waals surface area contributed by atoms with Gasteiger partial charge in [-0.1, -0.05) is 18.2 Å². The number of alkyl halides is 3. The highest BCUT2D eigenvalue weighted by atomic mass is 32.2. The van der Waals surface area contributed by atoms with Crippen molar-refractivity contribution < 1.29 is 36.8 Å². The van der Waals surface area contributed by atoms with E-state index in [1.54, 1.807) is 32.2 Å². The lowest BCUT2D eigenvalue weighted by molar-refractivity contribution is -0.147. The van der Waals surface area contributed by atoms with Crippen molar-refractivity contribution in [1.82, 2.24) is 23.9 Å². The molecule has 45 heavy (non-hydrogen) atoms. The van der Waals surface area contributed by atoms with E-state index >= 15 is 0 Å². The van der Waals surface area contributed by atoms with Gasteiger partial charge in [0, 0.05) is 37.7 Å². The number of carbonyl (C=O) groups is 1. The summed E-state index contributed by atoms with van der Waals surface area (Å²) in [6.07, 6.45) is -0.674. The third kappa shape index (κ3) is 5.82. The summed E-state index contributed by atoms with van der Waals surface area (Å²) >= 11 is 0. The van der Waals surface area contributed by atoms with Crippen molar-refractivity contribution in [3.63, 3.8) is 0 Å². The molecule has 0 saturated carbocycles. The summed E-state index contributed by atoms with van der Waals surface area (Å²) in [5.74, 6) is -2.67. The molecule has 6 rings (SSSR count). The highest BCUT2D eigenvalue weighted by Crippen LogP contribution is 2.43. The molecular weight excluding hydrogens is 611 g/mol. The standard InChI is InChI=1S/C31H32F3N5O5S/c1-19-6-7-20(25(29(2,3)28(40)41)21-8-12-39-24(16-21)36-37-27(39)31(32,33)34)15-22(19)17-38-18-30(9-13-43-14-10-30)44-26-23(45(38)42)5-4-11-35-26/h4-8,11-12,15-16,25H,9-10,13-14,17-18H2,1-3H3,(H,40,41). The molecule has 3 aromatic heterocycles. The zero-order valence-electron chi connectivity index (χ0n) is 24.9. The molecule has 0 bridgehead atoms. The summed E-state index contributed by atoms with van der Waals surface area (Å²) in [7, 11) is -1.60. The SMILES string of the molecule is Cc1ccc(C(c2ccn3c(C(F)(F)F)nnc3c2)C(C)(C)C(=O)O)cc1CN1CC2(CCOCC2)Oc2ncccc2S1=O. The lowest BCUT2D eigenvalue weighted by atomic mass is 9.71. The van der Waals surface area contributed by atoms with E-state index in [0.29, 0.717) is 54.5 Å². The van der Waals surface area contributed by atoms with E-state index in [-0.39, 0.29) is 12.2 Å². The lowest BCUT2D eigenvalue weighted by Gasteiger charge is -2.38. The molecule has 1 saturated heterocycles. The Morgan fingerprint density at radius 1 is 1.11 bits per heavy atom. The van der Waals surface area contributed by atoms with E-state index in [9.17, 15) is 27.3 Å². The fourth-order valence-corrected chi connectivity index (χ4v) is 7.45. The zero-order chi connectivity index (χ0) is 32.1. The van der Waals surface area contributed by atoms with Crippen LogP contribution in [0.25, 0.3) is 5.65 Å². The van der Waals surface area contributed by atoms with E-state index in [4.69, 9.17) is 9.47 Å². The minimum Gasteiger partial charge on any atom is -0.481 e. The van der Waals surface area contributed by atoms with Gasteiger partial charge in [0.15, 0.2) is 5.65 Å². The van der Waals surface area contributed by atoms with Crippen molar-refractivity contribution in [2.75, 3.05) is 19.8 Å². The number of aryl methyl sites for hydroxylation is 1. The number of nitrogens with zero attached hydrogens (tertiary/aromatic N) is 5. The number of aromatic nitrogens is 4. The van der Waals surface area contributed by atoms with Crippen molar-refractivity contribution >= 4 is 22.6 Å². The summed E-state index contributed by atoms with van der Waals surface area (Å²) < 4.78 is 69.0. The summed E-state index contributed by atoms with van der Waals surface area (Å²) in [6.45, 7) is 6.72. The Labute approximate surface area is 259 Å². The Hall–Kier alpha value is -3.88. The second kappa shape index (κ2) is 11.5. The van der Waals surface area contributed by atoms with E-state index in [2.05, 4.69) is 15.2 Å². The molecule has 14 heteroatoms. The molecule has 2 unspecified atom stereocenters. The molecule has 0 amide bonds. The molecule has 4 aromatic rings. The fraction of sp³-hybridized carbons (Fsp3) is 0.419. The summed E-state index contributed by atoms with van der Waals surface area (Å²) in [5.41, 5.74) is 0.782. The van der Waals surface area contributed by atoms with Crippen LogP contribution in [0.4, 0.5) is 13.2 Å². The molecule has 1 fully saturated rings. The van der Waals surface area contributed by atoms with Crippen molar-refractivity contribution in [2.24, 2.45) is 5.41 Å². The number of benzene rings is 1. The van der Waals surface area contributed by atoms with Gasteiger partial charge in [-0.25, -0.2) is 13.5 Å². The number of pyridine rings is 2. The van der Waals surface area contributed by atoms with Crippen LogP contribution in [0.1, 0.15) is 60.7 Å². The normalized spacial score (nSPS) is 19.6. The number of hydrogen-bond acceptors (Lipinski definition) is 7. The van der Waals surface area contributed by atoms with Crippen LogP contribution >= 0.6 is 0 Å². The highest BCUT2D eigenvalue weighted by molar-refractivity contribution is 7.82. The number of aliphatic carboxylic acids is 1. The van der Waals surface area contributed by atoms with Crippen LogP contribution in [0.2, 0.25) is 0 Å². The van der Waals surface area contributed by atoms with Gasteiger partial charge in [-0.15, -0.1) is 10.2 Å². The molecule has 1 spiro atoms. The van der Waals surface area contributed by atoms with E-state index in [1.807, 2.05) is 29.4 Å². The monoisotopic (exact) mass is 643 g/mol. The van der Waals surface area contributed by atoms with Crippen LogP contribution in [0.5, 0.6) is 5.88 Å². The molecule has 5 heterocycles. The maximum atomic E-state index is 14.0. The summed E-state index contributed by atoms with van der Waals surface area (Å²) in [5, 5.41) is 17.3. The van der Waals surface area contributed by atoms with Gasteiger partial charge in [-0.3, -0.25) is 9.20 Å². The van der Waals surface area contributed by atoms with Crippen LogP contribution in [0.15, 0.2) is 59.8 Å². The third-order valence-electron chi connectivity index (χ3n) is 8.69. The average Bonchev–Trinajstić information content (AvgIpc) is 3.39. The van der Waals surface area contributed by atoms with Crippen LogP contribution in [0.3, 0.4) is 0 Å². The average molecular weight is 644 g/mol. The second-order valence-electron chi connectivity index (χ2n) is 12.1. The quantitative estimate of drug-likeness (QED) is 0.306. The fourth-order valence-electron chi connectivity index (χ4n) is 6.12. The minimum atomic E-state index is -4.70. The first-order valence-corrected chi connectivity index (χ1v) is 15.5. The van der Waals surface area contributed by atoms with Crippen molar-refractivity contribution in [3.05, 3.63) is 82.9 Å². The molecule has 0 aliphatic carbocycles. The Morgan fingerprint density at radius 2 is 1.84 bits per heavy atom. The molecular formula is C31H32F3N5O5S. The third-order valence-corrected chi connectivity index (χ3v) is 10.1. The summed E-state index contributed by atoms with van der Waals surface area (Å²) in [4.78, 5) is 17.4. The number of hydrogen-bond donors (Lipinski definition) is 1. The van der Waals surface area contributed by atoms with E-state index in [0.717, 1.165) is 15.5 Å². The largest absolute Gasteiger partial charge is 0.481 e. The first kappa shape index (κ1) is 31.1. The summed E-state index contributed by atoms with van der Waals surface area (Å²) in [6, 6.07) is 12.0. The molecule has 2 atom stereocenters. The molecule has 2 aliphatic rings. The van der Waals surface area contributed by atoms with E-state index < -0.39 is 45.9 Å². The molecule has 10 nitrogen and oxygen atoms in total. The van der Waals surface area contributed by atoms with Gasteiger partial charge in [0.1, 0.15) is 21.5 Å². The first-order chi connectivity index (χ1) is 21.3. The highest BCUT2D eigenvalue weighted by Gasteiger charge is 2.44. The van der Waals surface area contributed by atoms with Crippen LogP contribution in [-0.4, -0.2) is 64.5 Å². The number of rotatable bonds is 6. The van der Waals surface area contributed by atoms with Crippen molar-refractivity contribution in [2.45, 2.75) is 62.7 Å². The van der Waals surface area contributed by atoms with E-state index in [1.165, 1.54) is 18.3 Å². The van der Waals surface area contributed by atoms with Crippen LogP contribution < -0.4 is 4.74 Å². The molecule has 0 radical (unpaired) electrons. The predicted octanol–water partition coefficient (Wildman–Crippen LogP) is 5.16. The zero-order valence-corrected chi connectivity index (χ0v) is 25.7. The number of carboxylic acid groups (broad SMARTS) is 1. The second-order valence-corrected chi connectivity index (χ2v) is 13.6. The van der Waals surface area contributed by atoms with Gasteiger partial charge in [0.25, 0.3) is 0 Å². The Bertz CT molecular complexity index is 1790. The minimum absolute atomic E-state index is 0.0488. The van der Waals surface area contributed by atoms with Crippen LogP contribution in [0, 0.1) is 12.3 Å². The van der Waals surface area contributed by atoms with Gasteiger partial charge in [0.05, 0.1) is 25.2 Å². The number of halogens is 3. The van der Waals surface area contributed by atoms with Crippen molar-refractivity contribution in [3.8, 4) is 5.88 Å². The smallest absolute Gasteiger partial charge is 0.452 e. The molecule has 1 N–H and O–H groups in total. The molecule has 1 aromatic carbocycles. The topological polar surface area (TPSA) is 119 Å². The predicted molar refractivity (Wildman–Crippen MR) is 157 cm³/mol. The van der Waals surface area contributed by atoms with Gasteiger partial charge in [-0.05, 0) is 67.3 Å². The first-order valence-electron chi connectivity index (χ1n) is 14.4. The maximum absolute atomic E-state index is 14.0. The lowest BCUT2D eigenvalue weighted by Crippen LogP contribution is -2.49. The molecule has 238 valence electrons. The van der Waals surface area contributed by atoms with Gasteiger partial charge < -0.3 is 14.6 Å². The Balaban J connectivity index is 1.41. The van der Waals surface area contributed by atoms with Crippen LogP contribution in [-0.2, 0) is 33.2 Å². The Kier molecular flexibility index (Phi) is 7.94. The van der Waals surface area contributed by atoms with Gasteiger partial charge in [0.2, 0.25) is 11.7 Å². The van der Waals surface area contributed by atoms with Crippen molar-refractivity contribution in [1.29, 1.82) is 0 Å². The maximum Gasteiger partial charge on any atom is 0.452 e. The molecule has 2 aliphatic heterocycles. The Morgan fingerprint density at radius 3 is 2.56 bits per heavy atom. The van der Waals surface area contributed by atoms with Gasteiger partial charge in [-0.2, -0.15) is 13.2 Å².